The lowest BCUT2D eigenvalue weighted by Gasteiger charge is -2.46. The van der Waals surface area contributed by atoms with E-state index in [2.05, 4.69) is 48.9 Å². The summed E-state index contributed by atoms with van der Waals surface area (Å²) in [4.78, 5) is 23.9. The van der Waals surface area contributed by atoms with Gasteiger partial charge in [-0.15, -0.1) is 0 Å². The molecule has 0 spiro atoms. The molecule has 1 aliphatic heterocycles. The predicted octanol–water partition coefficient (Wildman–Crippen LogP) is 4.50. The van der Waals surface area contributed by atoms with E-state index in [-0.39, 0.29) is 11.4 Å². The molecule has 4 nitrogen and oxygen atoms in total. The standard InChI is InChI=1S/C20H25N3OS/c1-13-11-20(4,5)23(17-9-7-6-8-16(13)17)18(24)12-25-19-21-14(2)10-15(3)22-19/h6-10,13H,11-12H2,1-5H3/t13-/m0/s1. The lowest BCUT2D eigenvalue weighted by molar-refractivity contribution is -0.117. The number of fused-ring (bicyclic) bond motifs is 1. The number of carbonyl (C=O) groups excluding carboxylic acids is 1. The van der Waals surface area contributed by atoms with E-state index in [9.17, 15) is 4.79 Å². The maximum Gasteiger partial charge on any atom is 0.237 e. The number of benzene rings is 1. The van der Waals surface area contributed by atoms with Gasteiger partial charge in [0.05, 0.1) is 5.75 Å². The van der Waals surface area contributed by atoms with Gasteiger partial charge in [-0.2, -0.15) is 0 Å². The number of hydrogen-bond acceptors (Lipinski definition) is 4. The number of rotatable bonds is 3. The van der Waals surface area contributed by atoms with E-state index in [0.717, 1.165) is 23.5 Å². The second-order valence-corrected chi connectivity index (χ2v) is 8.37. The molecule has 0 radical (unpaired) electrons. The molecule has 1 atom stereocenters. The average Bonchev–Trinajstić information content (AvgIpc) is 2.51. The molecule has 1 amide bonds. The molecule has 1 aromatic carbocycles. The normalized spacial score (nSPS) is 18.8. The molecule has 0 saturated carbocycles. The Balaban J connectivity index is 1.84. The van der Waals surface area contributed by atoms with Crippen molar-refractivity contribution in [2.24, 2.45) is 0 Å². The topological polar surface area (TPSA) is 46.1 Å². The van der Waals surface area contributed by atoms with Crippen LogP contribution in [0.15, 0.2) is 35.5 Å². The molecule has 2 aromatic rings. The minimum Gasteiger partial charge on any atom is -0.306 e. The number of carbonyl (C=O) groups is 1. The first-order valence-electron chi connectivity index (χ1n) is 8.65. The Morgan fingerprint density at radius 1 is 1.24 bits per heavy atom. The third kappa shape index (κ3) is 3.71. The van der Waals surface area contributed by atoms with Crippen molar-refractivity contribution in [3.63, 3.8) is 0 Å². The van der Waals surface area contributed by atoms with E-state index in [1.165, 1.54) is 17.3 Å². The fraction of sp³-hybridized carbons (Fsp3) is 0.450. The molecule has 0 N–H and O–H groups in total. The third-order valence-corrected chi connectivity index (χ3v) is 5.49. The minimum atomic E-state index is -0.200. The van der Waals surface area contributed by atoms with Crippen LogP contribution in [0.2, 0.25) is 0 Å². The summed E-state index contributed by atoms with van der Waals surface area (Å²) in [7, 11) is 0. The number of para-hydroxylation sites is 1. The molecule has 0 unspecified atom stereocenters. The maximum atomic E-state index is 13.1. The van der Waals surface area contributed by atoms with Gasteiger partial charge < -0.3 is 4.90 Å². The summed E-state index contributed by atoms with van der Waals surface area (Å²) in [6.07, 6.45) is 0.959. The van der Waals surface area contributed by atoms with Gasteiger partial charge in [0.2, 0.25) is 5.91 Å². The number of aromatic nitrogens is 2. The highest BCUT2D eigenvalue weighted by molar-refractivity contribution is 7.99. The number of thioether (sulfide) groups is 1. The van der Waals surface area contributed by atoms with Crippen molar-refractivity contribution in [2.45, 2.75) is 57.7 Å². The van der Waals surface area contributed by atoms with E-state index in [1.807, 2.05) is 30.9 Å². The molecule has 0 saturated heterocycles. The molecule has 1 aliphatic rings. The van der Waals surface area contributed by atoms with Crippen molar-refractivity contribution in [3.8, 4) is 0 Å². The highest BCUT2D eigenvalue weighted by atomic mass is 32.2. The average molecular weight is 356 g/mol. The zero-order valence-corrected chi connectivity index (χ0v) is 16.4. The molecular weight excluding hydrogens is 330 g/mol. The zero-order chi connectivity index (χ0) is 18.2. The molecule has 5 heteroatoms. The van der Waals surface area contributed by atoms with E-state index < -0.39 is 0 Å². The van der Waals surface area contributed by atoms with Crippen LogP contribution in [0.1, 0.15) is 50.1 Å². The van der Waals surface area contributed by atoms with Gasteiger partial charge in [-0.1, -0.05) is 36.9 Å². The highest BCUT2D eigenvalue weighted by Gasteiger charge is 2.39. The fourth-order valence-electron chi connectivity index (χ4n) is 3.81. The van der Waals surface area contributed by atoms with Crippen molar-refractivity contribution in [3.05, 3.63) is 47.3 Å². The number of amides is 1. The summed E-state index contributed by atoms with van der Waals surface area (Å²) in [5.41, 5.74) is 3.95. The van der Waals surface area contributed by atoms with E-state index in [4.69, 9.17) is 0 Å². The van der Waals surface area contributed by atoms with E-state index in [0.29, 0.717) is 16.8 Å². The predicted molar refractivity (Wildman–Crippen MR) is 103 cm³/mol. The number of aryl methyl sites for hydroxylation is 2. The first-order chi connectivity index (χ1) is 11.8. The summed E-state index contributed by atoms with van der Waals surface area (Å²) in [6, 6.07) is 10.2. The van der Waals surface area contributed by atoms with Crippen molar-refractivity contribution in [2.75, 3.05) is 10.7 Å². The molecule has 3 rings (SSSR count). The second kappa shape index (κ2) is 6.79. The quantitative estimate of drug-likeness (QED) is 0.600. The zero-order valence-electron chi connectivity index (χ0n) is 15.5. The molecule has 0 aliphatic carbocycles. The second-order valence-electron chi connectivity index (χ2n) is 7.43. The lowest BCUT2D eigenvalue weighted by Crippen LogP contribution is -2.52. The fourth-order valence-corrected chi connectivity index (χ4v) is 4.60. The van der Waals surface area contributed by atoms with Crippen LogP contribution in [0.5, 0.6) is 0 Å². The van der Waals surface area contributed by atoms with Crippen LogP contribution in [0.4, 0.5) is 5.69 Å². The van der Waals surface area contributed by atoms with Crippen molar-refractivity contribution in [1.29, 1.82) is 0 Å². The first kappa shape index (κ1) is 17.9. The number of anilines is 1. The van der Waals surface area contributed by atoms with Crippen LogP contribution in [0.25, 0.3) is 0 Å². The largest absolute Gasteiger partial charge is 0.306 e. The minimum absolute atomic E-state index is 0.108. The van der Waals surface area contributed by atoms with Gasteiger partial charge in [0.25, 0.3) is 0 Å². The van der Waals surface area contributed by atoms with Crippen molar-refractivity contribution >= 4 is 23.4 Å². The van der Waals surface area contributed by atoms with Crippen LogP contribution in [-0.4, -0.2) is 27.2 Å². The van der Waals surface area contributed by atoms with Crippen LogP contribution >= 0.6 is 11.8 Å². The van der Waals surface area contributed by atoms with Gasteiger partial charge >= 0.3 is 0 Å². The van der Waals surface area contributed by atoms with Gasteiger partial charge in [-0.05, 0) is 57.7 Å². The Hall–Kier alpha value is -1.88. The summed E-state index contributed by atoms with van der Waals surface area (Å²) in [5.74, 6) is 0.900. The molecule has 132 valence electrons. The first-order valence-corrected chi connectivity index (χ1v) is 9.63. The molecule has 0 fully saturated rings. The lowest BCUT2D eigenvalue weighted by atomic mass is 9.80. The maximum absolute atomic E-state index is 13.1. The van der Waals surface area contributed by atoms with Gasteiger partial charge in [0.15, 0.2) is 5.16 Å². The number of nitrogens with zero attached hydrogens (tertiary/aromatic N) is 3. The van der Waals surface area contributed by atoms with Gasteiger partial charge in [0.1, 0.15) is 0 Å². The summed E-state index contributed by atoms with van der Waals surface area (Å²) < 4.78 is 0. The van der Waals surface area contributed by atoms with E-state index in [1.54, 1.807) is 0 Å². The van der Waals surface area contributed by atoms with Gasteiger partial charge in [-0.3, -0.25) is 4.79 Å². The molecule has 0 bridgehead atoms. The number of hydrogen-bond donors (Lipinski definition) is 0. The van der Waals surface area contributed by atoms with Gasteiger partial charge in [0, 0.05) is 22.6 Å². The Kier molecular flexibility index (Phi) is 4.87. The molecular formula is C20H25N3OS. The van der Waals surface area contributed by atoms with Crippen LogP contribution in [0.3, 0.4) is 0 Å². The summed E-state index contributed by atoms with van der Waals surface area (Å²) in [5, 5.41) is 0.669. The van der Waals surface area contributed by atoms with Crippen LogP contribution in [-0.2, 0) is 4.79 Å². The van der Waals surface area contributed by atoms with Crippen molar-refractivity contribution in [1.82, 2.24) is 9.97 Å². The monoisotopic (exact) mass is 355 g/mol. The van der Waals surface area contributed by atoms with Crippen LogP contribution in [0, 0.1) is 13.8 Å². The molecule has 25 heavy (non-hydrogen) atoms. The van der Waals surface area contributed by atoms with E-state index >= 15 is 0 Å². The Morgan fingerprint density at radius 3 is 2.56 bits per heavy atom. The highest BCUT2D eigenvalue weighted by Crippen LogP contribution is 2.43. The smallest absolute Gasteiger partial charge is 0.237 e. The molecule has 1 aromatic heterocycles. The van der Waals surface area contributed by atoms with Crippen molar-refractivity contribution < 1.29 is 4.79 Å². The Morgan fingerprint density at radius 2 is 1.88 bits per heavy atom. The van der Waals surface area contributed by atoms with Crippen LogP contribution < -0.4 is 4.90 Å². The molecule has 2 heterocycles. The Labute approximate surface area is 154 Å². The van der Waals surface area contributed by atoms with Gasteiger partial charge in [-0.25, -0.2) is 9.97 Å². The summed E-state index contributed by atoms with van der Waals surface area (Å²) >= 11 is 1.41. The summed E-state index contributed by atoms with van der Waals surface area (Å²) in [6.45, 7) is 10.4. The Bertz CT molecular complexity index is 783. The third-order valence-electron chi connectivity index (χ3n) is 4.66. The SMILES string of the molecule is Cc1cc(C)nc(SCC(=O)N2c3ccccc3[C@@H](C)CC2(C)C)n1.